The molecular weight excluding hydrogens is 265 g/mol. The molecule has 1 unspecified atom stereocenters. The smallest absolute Gasteiger partial charge is 0.209 e. The van der Waals surface area contributed by atoms with Crippen LogP contribution >= 0.6 is 24.8 Å². The van der Waals surface area contributed by atoms with Crippen molar-refractivity contribution in [2.45, 2.75) is 6.10 Å². The van der Waals surface area contributed by atoms with E-state index in [1.54, 1.807) is 0 Å². The molecule has 2 rings (SSSR count). The number of nitrogens with zero attached hydrogens (tertiary/aromatic N) is 2. The average molecular weight is 286 g/mol. The minimum atomic E-state index is 0. The van der Waals surface area contributed by atoms with E-state index < -0.39 is 0 Å². The standard InChI is InChI=1S/C10H19N3O2.2ClH/c14-9-13-4-2-12(3-5-13)8-10-7-11-1-6-15-10;;/h9-11H,1-8H2;2*1H. The molecule has 5 nitrogen and oxygen atoms in total. The molecule has 0 aromatic carbocycles. The number of halogens is 2. The summed E-state index contributed by atoms with van der Waals surface area (Å²) >= 11 is 0. The maximum atomic E-state index is 10.5. The monoisotopic (exact) mass is 285 g/mol. The van der Waals surface area contributed by atoms with Gasteiger partial charge in [-0.2, -0.15) is 0 Å². The fraction of sp³-hybridized carbons (Fsp3) is 0.900. The topological polar surface area (TPSA) is 44.8 Å². The minimum absolute atomic E-state index is 0. The normalized spacial score (nSPS) is 25.6. The Morgan fingerprint density at radius 2 is 1.94 bits per heavy atom. The lowest BCUT2D eigenvalue weighted by Crippen LogP contribution is -2.51. The third-order valence-corrected chi connectivity index (χ3v) is 3.02. The number of nitrogens with one attached hydrogen (secondary N) is 1. The Morgan fingerprint density at radius 3 is 2.47 bits per heavy atom. The summed E-state index contributed by atoms with van der Waals surface area (Å²) in [6.07, 6.45) is 1.26. The average Bonchev–Trinajstić information content (AvgIpc) is 2.31. The van der Waals surface area contributed by atoms with Gasteiger partial charge >= 0.3 is 0 Å². The molecule has 2 aliphatic rings. The summed E-state index contributed by atoms with van der Waals surface area (Å²) in [5.41, 5.74) is 0. The molecule has 0 aromatic rings. The molecular formula is C10H21Cl2N3O2. The highest BCUT2D eigenvalue weighted by molar-refractivity contribution is 5.85. The zero-order valence-corrected chi connectivity index (χ0v) is 11.5. The third kappa shape index (κ3) is 5.40. The van der Waals surface area contributed by atoms with Crippen molar-refractivity contribution in [3.05, 3.63) is 0 Å². The van der Waals surface area contributed by atoms with Gasteiger partial charge in [-0.25, -0.2) is 0 Å². The highest BCUT2D eigenvalue weighted by Crippen LogP contribution is 2.04. The van der Waals surface area contributed by atoms with Crippen LogP contribution in [0.3, 0.4) is 0 Å². The van der Waals surface area contributed by atoms with Crippen molar-refractivity contribution in [3.63, 3.8) is 0 Å². The van der Waals surface area contributed by atoms with E-state index >= 15 is 0 Å². The van der Waals surface area contributed by atoms with Gasteiger partial charge in [-0.05, 0) is 0 Å². The minimum Gasteiger partial charge on any atom is -0.374 e. The number of morpholine rings is 1. The van der Waals surface area contributed by atoms with E-state index in [0.29, 0.717) is 6.10 Å². The summed E-state index contributed by atoms with van der Waals surface area (Å²) in [6.45, 7) is 7.37. The van der Waals surface area contributed by atoms with Crippen molar-refractivity contribution in [1.29, 1.82) is 0 Å². The summed E-state index contributed by atoms with van der Waals surface area (Å²) in [6, 6.07) is 0. The molecule has 2 saturated heterocycles. The van der Waals surface area contributed by atoms with Crippen LogP contribution in [0, 0.1) is 0 Å². The first kappa shape index (κ1) is 16.9. The van der Waals surface area contributed by atoms with Gasteiger partial charge in [0.2, 0.25) is 6.41 Å². The number of ether oxygens (including phenoxy) is 1. The van der Waals surface area contributed by atoms with Gasteiger partial charge in [-0.1, -0.05) is 0 Å². The fourth-order valence-corrected chi connectivity index (χ4v) is 2.08. The number of hydrogen-bond donors (Lipinski definition) is 1. The third-order valence-electron chi connectivity index (χ3n) is 3.02. The van der Waals surface area contributed by atoms with E-state index in [1.807, 2.05) is 4.90 Å². The lowest BCUT2D eigenvalue weighted by atomic mass is 10.2. The summed E-state index contributed by atoms with van der Waals surface area (Å²) < 4.78 is 5.65. The van der Waals surface area contributed by atoms with Gasteiger partial charge in [0.1, 0.15) is 0 Å². The van der Waals surface area contributed by atoms with Crippen LogP contribution in [-0.4, -0.2) is 74.7 Å². The molecule has 2 fully saturated rings. The number of hydrogen-bond acceptors (Lipinski definition) is 4. The van der Waals surface area contributed by atoms with Crippen LogP contribution in [-0.2, 0) is 9.53 Å². The second kappa shape index (κ2) is 8.94. The molecule has 0 radical (unpaired) electrons. The van der Waals surface area contributed by atoms with Gasteiger partial charge in [-0.3, -0.25) is 9.69 Å². The fourth-order valence-electron chi connectivity index (χ4n) is 2.08. The zero-order valence-electron chi connectivity index (χ0n) is 9.84. The van der Waals surface area contributed by atoms with E-state index in [1.165, 1.54) is 0 Å². The van der Waals surface area contributed by atoms with Crippen LogP contribution in [0.25, 0.3) is 0 Å². The molecule has 1 atom stereocenters. The van der Waals surface area contributed by atoms with Crippen LogP contribution in [0.2, 0.25) is 0 Å². The maximum absolute atomic E-state index is 10.5. The van der Waals surface area contributed by atoms with Crippen molar-refractivity contribution >= 4 is 31.2 Å². The molecule has 2 heterocycles. The lowest BCUT2D eigenvalue weighted by Gasteiger charge is -2.35. The molecule has 0 aliphatic carbocycles. The second-order valence-electron chi connectivity index (χ2n) is 4.14. The van der Waals surface area contributed by atoms with Gasteiger partial charge in [0.15, 0.2) is 0 Å². The van der Waals surface area contributed by atoms with Crippen molar-refractivity contribution < 1.29 is 9.53 Å². The first-order valence-corrected chi connectivity index (χ1v) is 5.62. The summed E-state index contributed by atoms with van der Waals surface area (Å²) in [5.74, 6) is 0. The number of amides is 1. The van der Waals surface area contributed by atoms with Crippen molar-refractivity contribution in [2.24, 2.45) is 0 Å². The van der Waals surface area contributed by atoms with Crippen LogP contribution in [0.1, 0.15) is 0 Å². The Balaban J connectivity index is 0.00000128. The molecule has 0 aromatic heterocycles. The number of piperazine rings is 1. The molecule has 1 amide bonds. The van der Waals surface area contributed by atoms with Gasteiger partial charge in [0.25, 0.3) is 0 Å². The summed E-state index contributed by atoms with van der Waals surface area (Å²) in [7, 11) is 0. The predicted molar refractivity (Wildman–Crippen MR) is 71.2 cm³/mol. The van der Waals surface area contributed by atoms with Crippen LogP contribution < -0.4 is 5.32 Å². The summed E-state index contributed by atoms with van der Waals surface area (Å²) in [4.78, 5) is 14.7. The SMILES string of the molecule is Cl.Cl.O=CN1CCN(CC2CNCCO2)CC1. The van der Waals surface area contributed by atoms with E-state index in [0.717, 1.165) is 58.8 Å². The van der Waals surface area contributed by atoms with Gasteiger partial charge < -0.3 is 15.0 Å². The van der Waals surface area contributed by atoms with E-state index in [4.69, 9.17) is 4.74 Å². The Morgan fingerprint density at radius 1 is 1.24 bits per heavy atom. The van der Waals surface area contributed by atoms with Crippen LogP contribution in [0.15, 0.2) is 0 Å². The zero-order chi connectivity index (χ0) is 10.5. The van der Waals surface area contributed by atoms with Gasteiger partial charge in [-0.15, -0.1) is 24.8 Å². The molecule has 17 heavy (non-hydrogen) atoms. The van der Waals surface area contributed by atoms with Crippen molar-refractivity contribution in [2.75, 3.05) is 52.4 Å². The quantitative estimate of drug-likeness (QED) is 0.717. The Kier molecular flexibility index (Phi) is 8.90. The Hall–Kier alpha value is -0.0700. The lowest BCUT2D eigenvalue weighted by molar-refractivity contribution is -0.120. The first-order chi connectivity index (χ1) is 7.38. The van der Waals surface area contributed by atoms with E-state index in [2.05, 4.69) is 10.2 Å². The number of rotatable bonds is 3. The van der Waals surface area contributed by atoms with Crippen molar-refractivity contribution in [1.82, 2.24) is 15.1 Å². The van der Waals surface area contributed by atoms with Crippen LogP contribution in [0.5, 0.6) is 0 Å². The molecule has 0 bridgehead atoms. The number of carbonyl (C=O) groups is 1. The van der Waals surface area contributed by atoms with Gasteiger partial charge in [0, 0.05) is 45.8 Å². The molecule has 0 spiro atoms. The van der Waals surface area contributed by atoms with E-state index in [-0.39, 0.29) is 24.8 Å². The Labute approximate surface area is 115 Å². The first-order valence-electron chi connectivity index (χ1n) is 5.62. The highest BCUT2D eigenvalue weighted by atomic mass is 35.5. The largest absolute Gasteiger partial charge is 0.374 e. The summed E-state index contributed by atoms with van der Waals surface area (Å²) in [5, 5.41) is 3.33. The highest BCUT2D eigenvalue weighted by Gasteiger charge is 2.20. The van der Waals surface area contributed by atoms with E-state index in [9.17, 15) is 4.79 Å². The molecule has 102 valence electrons. The van der Waals surface area contributed by atoms with Crippen molar-refractivity contribution in [3.8, 4) is 0 Å². The van der Waals surface area contributed by atoms with Gasteiger partial charge in [0.05, 0.1) is 12.7 Å². The number of carbonyl (C=O) groups excluding carboxylic acids is 1. The molecule has 1 N–H and O–H groups in total. The second-order valence-corrected chi connectivity index (χ2v) is 4.14. The Bertz CT molecular complexity index is 208. The van der Waals surface area contributed by atoms with Crippen LogP contribution in [0.4, 0.5) is 0 Å². The maximum Gasteiger partial charge on any atom is 0.209 e. The molecule has 0 saturated carbocycles. The predicted octanol–water partition coefficient (Wildman–Crippen LogP) is -0.408. The molecule has 7 heteroatoms. The molecule has 2 aliphatic heterocycles.